The van der Waals surface area contributed by atoms with Crippen molar-refractivity contribution in [3.05, 3.63) is 52.4 Å². The maximum atomic E-state index is 12.1. The summed E-state index contributed by atoms with van der Waals surface area (Å²) in [5.41, 5.74) is 0. The number of halogens is 1. The highest BCUT2D eigenvalue weighted by Gasteiger charge is 2.37. The van der Waals surface area contributed by atoms with Crippen LogP contribution in [0, 0.1) is 5.92 Å². The van der Waals surface area contributed by atoms with Crippen LogP contribution in [0.4, 0.5) is 0 Å². The highest BCUT2D eigenvalue weighted by Crippen LogP contribution is 2.33. The molecule has 1 saturated carbocycles. The topological polar surface area (TPSA) is 88.8 Å². The molecule has 7 heteroatoms. The van der Waals surface area contributed by atoms with Gasteiger partial charge in [-0.25, -0.2) is 4.79 Å². The van der Waals surface area contributed by atoms with Crippen molar-refractivity contribution in [3.8, 4) is 5.75 Å². The number of aliphatic carboxylic acids is 1. The standard InChI is InChI=1S/C17H16BrNO5/c18-11-2-1-3-12(8-11)23-9-13-6-7-14(24-13)16(20)19-15(17(21)22)10-4-5-10/h1-3,6-8,10,15H,4-5,9H2,(H,19,20)(H,21,22). The number of furan rings is 1. The van der Waals surface area contributed by atoms with E-state index in [0.717, 1.165) is 17.3 Å². The number of carboxylic acids is 1. The third-order valence-electron chi connectivity index (χ3n) is 3.71. The molecule has 1 aromatic heterocycles. The summed E-state index contributed by atoms with van der Waals surface area (Å²) < 4.78 is 11.9. The fraction of sp³-hybridized carbons (Fsp3) is 0.294. The molecule has 126 valence electrons. The molecule has 2 aromatic rings. The SMILES string of the molecule is O=C(NC(C(=O)O)C1CC1)c1ccc(COc2cccc(Br)c2)o1. The minimum absolute atomic E-state index is 0.0146. The average Bonchev–Trinajstić information content (AvgIpc) is 3.27. The number of nitrogens with one attached hydrogen (secondary N) is 1. The van der Waals surface area contributed by atoms with Crippen LogP contribution in [0.5, 0.6) is 5.75 Å². The van der Waals surface area contributed by atoms with Crippen molar-refractivity contribution in [2.45, 2.75) is 25.5 Å². The summed E-state index contributed by atoms with van der Waals surface area (Å²) in [6, 6.07) is 9.67. The van der Waals surface area contributed by atoms with Crippen LogP contribution < -0.4 is 10.1 Å². The zero-order chi connectivity index (χ0) is 17.1. The Bertz CT molecular complexity index is 753. The van der Waals surface area contributed by atoms with Gasteiger partial charge in [0.1, 0.15) is 24.2 Å². The molecule has 0 aliphatic heterocycles. The minimum atomic E-state index is -1.02. The van der Waals surface area contributed by atoms with Crippen molar-refractivity contribution < 1.29 is 23.8 Å². The smallest absolute Gasteiger partial charge is 0.326 e. The summed E-state index contributed by atoms with van der Waals surface area (Å²) in [6.45, 7) is 0.175. The fourth-order valence-electron chi connectivity index (χ4n) is 2.31. The van der Waals surface area contributed by atoms with E-state index in [1.54, 1.807) is 6.07 Å². The Kier molecular flexibility index (Phi) is 4.89. The number of carboxylic acid groups (broad SMARTS) is 1. The van der Waals surface area contributed by atoms with E-state index in [1.807, 2.05) is 24.3 Å². The minimum Gasteiger partial charge on any atom is -0.486 e. The molecule has 1 aromatic carbocycles. The van der Waals surface area contributed by atoms with Crippen LogP contribution in [0.1, 0.15) is 29.2 Å². The predicted molar refractivity (Wildman–Crippen MR) is 88.8 cm³/mol. The average molecular weight is 394 g/mol. The highest BCUT2D eigenvalue weighted by atomic mass is 79.9. The summed E-state index contributed by atoms with van der Waals surface area (Å²) in [5, 5.41) is 11.7. The molecule has 1 amide bonds. The number of carbonyl (C=O) groups excluding carboxylic acids is 1. The van der Waals surface area contributed by atoms with E-state index in [-0.39, 0.29) is 18.3 Å². The zero-order valence-corrected chi connectivity index (χ0v) is 14.3. The van der Waals surface area contributed by atoms with Crippen LogP contribution in [-0.4, -0.2) is 23.0 Å². The van der Waals surface area contributed by atoms with Crippen molar-refractivity contribution in [2.75, 3.05) is 0 Å². The first kappa shape index (κ1) is 16.6. The quantitative estimate of drug-likeness (QED) is 0.753. The van der Waals surface area contributed by atoms with Gasteiger partial charge in [0, 0.05) is 4.47 Å². The number of hydrogen-bond acceptors (Lipinski definition) is 4. The molecule has 1 fully saturated rings. The summed E-state index contributed by atoms with van der Waals surface area (Å²) in [7, 11) is 0. The van der Waals surface area contributed by atoms with E-state index >= 15 is 0 Å². The lowest BCUT2D eigenvalue weighted by molar-refractivity contribution is -0.139. The van der Waals surface area contributed by atoms with Gasteiger partial charge in [0.15, 0.2) is 5.76 Å². The molecule has 24 heavy (non-hydrogen) atoms. The van der Waals surface area contributed by atoms with Gasteiger partial charge >= 0.3 is 5.97 Å². The summed E-state index contributed by atoms with van der Waals surface area (Å²) in [4.78, 5) is 23.3. The molecule has 0 radical (unpaired) electrons. The molecule has 0 saturated heterocycles. The van der Waals surface area contributed by atoms with E-state index < -0.39 is 17.9 Å². The van der Waals surface area contributed by atoms with Gasteiger partial charge in [0.2, 0.25) is 0 Å². The van der Waals surface area contributed by atoms with Crippen molar-refractivity contribution in [1.29, 1.82) is 0 Å². The molecule has 0 bridgehead atoms. The van der Waals surface area contributed by atoms with Gasteiger partial charge < -0.3 is 19.6 Å². The Balaban J connectivity index is 1.58. The fourth-order valence-corrected chi connectivity index (χ4v) is 2.69. The first-order chi connectivity index (χ1) is 11.5. The van der Waals surface area contributed by atoms with Crippen LogP contribution in [0.25, 0.3) is 0 Å². The molecular formula is C17H16BrNO5. The van der Waals surface area contributed by atoms with E-state index in [0.29, 0.717) is 11.5 Å². The lowest BCUT2D eigenvalue weighted by atomic mass is 10.2. The molecule has 3 rings (SSSR count). The number of benzene rings is 1. The monoisotopic (exact) mass is 393 g/mol. The number of amides is 1. The summed E-state index contributed by atoms with van der Waals surface area (Å²) >= 11 is 3.36. The molecule has 6 nitrogen and oxygen atoms in total. The summed E-state index contributed by atoms with van der Waals surface area (Å²) in [5.74, 6) is -0.293. The predicted octanol–water partition coefficient (Wildman–Crippen LogP) is 3.21. The van der Waals surface area contributed by atoms with Gasteiger partial charge in [-0.2, -0.15) is 0 Å². The molecule has 1 aliphatic rings. The zero-order valence-electron chi connectivity index (χ0n) is 12.7. The Hall–Kier alpha value is -2.28. The van der Waals surface area contributed by atoms with E-state index in [4.69, 9.17) is 14.3 Å². The lowest BCUT2D eigenvalue weighted by Gasteiger charge is -2.12. The van der Waals surface area contributed by atoms with Crippen LogP contribution in [-0.2, 0) is 11.4 Å². The van der Waals surface area contributed by atoms with Crippen LogP contribution in [0.15, 0.2) is 45.3 Å². The van der Waals surface area contributed by atoms with Gasteiger partial charge in [-0.05, 0) is 49.1 Å². The van der Waals surface area contributed by atoms with Gasteiger partial charge in [0.25, 0.3) is 5.91 Å². The van der Waals surface area contributed by atoms with E-state index in [2.05, 4.69) is 21.2 Å². The lowest BCUT2D eigenvalue weighted by Crippen LogP contribution is -2.42. The normalized spacial score (nSPS) is 14.9. The molecule has 1 unspecified atom stereocenters. The molecule has 0 spiro atoms. The molecular weight excluding hydrogens is 378 g/mol. The van der Waals surface area contributed by atoms with Crippen LogP contribution in [0.3, 0.4) is 0 Å². The van der Waals surface area contributed by atoms with E-state index in [9.17, 15) is 9.59 Å². The third-order valence-corrected chi connectivity index (χ3v) is 4.20. The summed E-state index contributed by atoms with van der Waals surface area (Å²) in [6.07, 6.45) is 1.64. The Labute approximate surface area is 146 Å². The van der Waals surface area contributed by atoms with Crippen molar-refractivity contribution in [1.82, 2.24) is 5.32 Å². The van der Waals surface area contributed by atoms with Crippen molar-refractivity contribution >= 4 is 27.8 Å². The largest absolute Gasteiger partial charge is 0.486 e. The second kappa shape index (κ2) is 7.09. The number of carbonyl (C=O) groups is 2. The van der Waals surface area contributed by atoms with Crippen molar-refractivity contribution in [2.24, 2.45) is 5.92 Å². The maximum Gasteiger partial charge on any atom is 0.326 e. The third kappa shape index (κ3) is 4.17. The van der Waals surface area contributed by atoms with Gasteiger partial charge in [0.05, 0.1) is 0 Å². The molecule has 1 atom stereocenters. The van der Waals surface area contributed by atoms with Gasteiger partial charge in [-0.15, -0.1) is 0 Å². The Morgan fingerprint density at radius 1 is 1.33 bits per heavy atom. The van der Waals surface area contributed by atoms with Crippen LogP contribution in [0.2, 0.25) is 0 Å². The molecule has 1 aliphatic carbocycles. The Morgan fingerprint density at radius 3 is 2.79 bits per heavy atom. The Morgan fingerprint density at radius 2 is 2.12 bits per heavy atom. The first-order valence-corrected chi connectivity index (χ1v) is 8.33. The number of ether oxygens (including phenoxy) is 1. The maximum absolute atomic E-state index is 12.1. The first-order valence-electron chi connectivity index (χ1n) is 7.53. The van der Waals surface area contributed by atoms with Crippen molar-refractivity contribution in [3.63, 3.8) is 0 Å². The second-order valence-electron chi connectivity index (χ2n) is 5.64. The van der Waals surface area contributed by atoms with Gasteiger partial charge in [-0.1, -0.05) is 22.0 Å². The number of rotatable bonds is 7. The number of hydrogen-bond donors (Lipinski definition) is 2. The van der Waals surface area contributed by atoms with Gasteiger partial charge in [-0.3, -0.25) is 4.79 Å². The molecule has 2 N–H and O–H groups in total. The van der Waals surface area contributed by atoms with Crippen LogP contribution >= 0.6 is 15.9 Å². The molecule has 1 heterocycles. The second-order valence-corrected chi connectivity index (χ2v) is 6.55. The van der Waals surface area contributed by atoms with E-state index in [1.165, 1.54) is 6.07 Å². The highest BCUT2D eigenvalue weighted by molar-refractivity contribution is 9.10.